The maximum atomic E-state index is 13.6. The molecule has 0 saturated carbocycles. The predicted octanol–water partition coefficient (Wildman–Crippen LogP) is 6.39. The third kappa shape index (κ3) is 3.07. The number of para-hydroxylation sites is 1. The van der Waals surface area contributed by atoms with Crippen LogP contribution in [0, 0.1) is 6.92 Å². The van der Waals surface area contributed by atoms with Crippen molar-refractivity contribution in [1.29, 1.82) is 0 Å². The van der Waals surface area contributed by atoms with E-state index < -0.39 is 5.41 Å². The molecule has 1 aliphatic rings. The summed E-state index contributed by atoms with van der Waals surface area (Å²) in [5.41, 5.74) is 4.29. The van der Waals surface area contributed by atoms with E-state index in [0.29, 0.717) is 5.02 Å². The first-order chi connectivity index (χ1) is 13.4. The predicted molar refractivity (Wildman–Crippen MR) is 125 cm³/mol. The maximum absolute atomic E-state index is 13.6. The molecule has 0 unspecified atom stereocenters. The third-order valence-electron chi connectivity index (χ3n) is 5.30. The lowest BCUT2D eigenvalue weighted by molar-refractivity contribution is -0.120. The normalized spacial score (nSPS) is 19.1. The Labute approximate surface area is 184 Å². The molecule has 0 radical (unpaired) electrons. The molecule has 3 aromatic carbocycles. The highest BCUT2D eigenvalue weighted by Gasteiger charge is 2.49. The van der Waals surface area contributed by atoms with Gasteiger partial charge in [0.05, 0.1) is 0 Å². The van der Waals surface area contributed by atoms with Crippen molar-refractivity contribution in [2.45, 2.75) is 12.3 Å². The number of likely N-dealkylation sites (N-methyl/N-ethyl adjacent to an activating group) is 1. The molecule has 1 aliphatic heterocycles. The molecule has 1 amide bonds. The number of nitrogens with zero attached hydrogens (tertiary/aromatic N) is 1. The van der Waals surface area contributed by atoms with E-state index in [1.54, 1.807) is 4.90 Å². The van der Waals surface area contributed by atoms with Crippen molar-refractivity contribution in [3.8, 4) is 0 Å². The number of amides is 1. The summed E-state index contributed by atoms with van der Waals surface area (Å²) < 4.78 is 1.01. The summed E-state index contributed by atoms with van der Waals surface area (Å²) >= 11 is 8.37. The van der Waals surface area contributed by atoms with Gasteiger partial charge in [-0.25, -0.2) is 0 Å². The first-order valence-electron chi connectivity index (χ1n) is 9.02. The topological polar surface area (TPSA) is 20.3 Å². The van der Waals surface area contributed by atoms with Gasteiger partial charge in [-0.05, 0) is 70.5 Å². The number of fused-ring (bicyclic) bond motifs is 1. The van der Waals surface area contributed by atoms with Gasteiger partial charge in [-0.2, -0.15) is 0 Å². The first-order valence-corrected chi connectivity index (χ1v) is 10.5. The van der Waals surface area contributed by atoms with Crippen molar-refractivity contribution in [3.63, 3.8) is 0 Å². The maximum Gasteiger partial charge on any atom is 0.245 e. The second-order valence-electron chi connectivity index (χ2n) is 7.05. The van der Waals surface area contributed by atoms with E-state index in [-0.39, 0.29) is 5.91 Å². The molecule has 0 saturated heterocycles. The summed E-state index contributed by atoms with van der Waals surface area (Å²) in [6, 6.07) is 24.0. The summed E-state index contributed by atoms with van der Waals surface area (Å²) in [4.78, 5) is 15.4. The van der Waals surface area contributed by atoms with E-state index in [0.717, 1.165) is 26.0 Å². The molecular weight excluding hydrogens is 481 g/mol. The molecule has 1 atom stereocenters. The van der Waals surface area contributed by atoms with Crippen LogP contribution in [0.25, 0.3) is 3.58 Å². The zero-order chi connectivity index (χ0) is 19.9. The number of carbonyl (C=O) groups excluding carboxylic acids is 1. The van der Waals surface area contributed by atoms with Crippen LogP contribution in [0.15, 0.2) is 78.9 Å². The Morgan fingerprint density at radius 1 is 1.00 bits per heavy atom. The smallest absolute Gasteiger partial charge is 0.245 e. The van der Waals surface area contributed by atoms with Crippen LogP contribution in [0.3, 0.4) is 0 Å². The lowest BCUT2D eigenvalue weighted by atomic mass is 9.74. The number of carbonyl (C=O) groups is 1. The Kier molecular flexibility index (Phi) is 5.06. The summed E-state index contributed by atoms with van der Waals surface area (Å²) in [7, 11) is 1.85. The molecule has 0 fully saturated rings. The van der Waals surface area contributed by atoms with Crippen LogP contribution in [-0.2, 0) is 10.2 Å². The monoisotopic (exact) mass is 499 g/mol. The number of halogens is 2. The minimum atomic E-state index is -0.852. The minimum Gasteiger partial charge on any atom is -0.314 e. The van der Waals surface area contributed by atoms with Gasteiger partial charge >= 0.3 is 0 Å². The molecule has 0 spiro atoms. The fourth-order valence-corrected chi connectivity index (χ4v) is 4.74. The quantitative estimate of drug-likeness (QED) is 0.383. The van der Waals surface area contributed by atoms with Crippen molar-refractivity contribution in [2.75, 3.05) is 11.9 Å². The van der Waals surface area contributed by atoms with Crippen LogP contribution in [0.2, 0.25) is 5.02 Å². The van der Waals surface area contributed by atoms with Crippen molar-refractivity contribution in [2.24, 2.45) is 0 Å². The molecule has 0 N–H and O–H groups in total. The highest BCUT2D eigenvalue weighted by Crippen LogP contribution is 2.48. The highest BCUT2D eigenvalue weighted by atomic mass is 127. The van der Waals surface area contributed by atoms with Gasteiger partial charge in [0.15, 0.2) is 0 Å². The van der Waals surface area contributed by atoms with Crippen LogP contribution in [0.4, 0.5) is 5.69 Å². The Morgan fingerprint density at radius 2 is 1.64 bits per heavy atom. The number of aryl methyl sites for hydroxylation is 1. The van der Waals surface area contributed by atoms with Gasteiger partial charge in [0.25, 0.3) is 0 Å². The Hall–Kier alpha value is -2.11. The second kappa shape index (κ2) is 7.37. The number of hydrogen-bond donors (Lipinski definition) is 0. The van der Waals surface area contributed by atoms with Gasteiger partial charge < -0.3 is 4.90 Å². The average Bonchev–Trinajstić information content (AvgIpc) is 2.92. The third-order valence-corrected chi connectivity index (χ3v) is 6.49. The summed E-state index contributed by atoms with van der Waals surface area (Å²) in [6.45, 7) is 2.06. The van der Waals surface area contributed by atoms with Crippen LogP contribution < -0.4 is 4.90 Å². The van der Waals surface area contributed by atoms with Crippen molar-refractivity contribution in [3.05, 3.63) is 106 Å². The molecule has 140 valence electrons. The van der Waals surface area contributed by atoms with Gasteiger partial charge in [-0.1, -0.05) is 71.8 Å². The fourth-order valence-electron chi connectivity index (χ4n) is 3.79. The van der Waals surface area contributed by atoms with E-state index in [2.05, 4.69) is 65.9 Å². The van der Waals surface area contributed by atoms with E-state index >= 15 is 0 Å². The molecular formula is C24H19ClINO. The lowest BCUT2D eigenvalue weighted by Crippen LogP contribution is -2.38. The largest absolute Gasteiger partial charge is 0.314 e. The summed E-state index contributed by atoms with van der Waals surface area (Å²) in [5, 5.41) is 0.697. The molecule has 2 nitrogen and oxygen atoms in total. The van der Waals surface area contributed by atoms with Gasteiger partial charge in [-0.3, -0.25) is 4.79 Å². The number of benzene rings is 3. The minimum absolute atomic E-state index is 0.0562. The van der Waals surface area contributed by atoms with Crippen LogP contribution in [0.1, 0.15) is 22.3 Å². The molecule has 1 heterocycles. The van der Waals surface area contributed by atoms with Gasteiger partial charge in [0.1, 0.15) is 5.41 Å². The zero-order valence-corrected chi connectivity index (χ0v) is 18.5. The second-order valence-corrected chi connectivity index (χ2v) is 8.65. The Bertz CT molecular complexity index is 1070. The summed E-state index contributed by atoms with van der Waals surface area (Å²) in [5.74, 6) is 0.0562. The lowest BCUT2D eigenvalue weighted by Gasteiger charge is -2.26. The van der Waals surface area contributed by atoms with Gasteiger partial charge in [0.2, 0.25) is 5.91 Å². The van der Waals surface area contributed by atoms with Gasteiger partial charge in [-0.15, -0.1) is 0 Å². The van der Waals surface area contributed by atoms with Crippen LogP contribution in [0.5, 0.6) is 0 Å². The molecule has 0 aliphatic carbocycles. The van der Waals surface area contributed by atoms with E-state index in [1.165, 1.54) is 5.56 Å². The van der Waals surface area contributed by atoms with Crippen molar-refractivity contribution >= 4 is 49.4 Å². The van der Waals surface area contributed by atoms with Crippen LogP contribution >= 0.6 is 34.2 Å². The van der Waals surface area contributed by atoms with Crippen LogP contribution in [-0.4, -0.2) is 13.0 Å². The molecule has 28 heavy (non-hydrogen) atoms. The Morgan fingerprint density at radius 3 is 2.32 bits per heavy atom. The van der Waals surface area contributed by atoms with E-state index in [4.69, 9.17) is 11.6 Å². The number of hydrogen-bond acceptors (Lipinski definition) is 1. The van der Waals surface area contributed by atoms with Crippen molar-refractivity contribution in [1.82, 2.24) is 0 Å². The fraction of sp³-hybridized carbons (Fsp3) is 0.125. The molecule has 4 heteroatoms. The van der Waals surface area contributed by atoms with E-state index in [9.17, 15) is 4.79 Å². The van der Waals surface area contributed by atoms with E-state index in [1.807, 2.05) is 49.5 Å². The molecule has 0 aromatic heterocycles. The molecule has 0 bridgehead atoms. The highest BCUT2D eigenvalue weighted by molar-refractivity contribution is 14.1. The number of rotatable bonds is 3. The molecule has 4 rings (SSSR count). The molecule has 3 aromatic rings. The number of anilines is 1. The summed E-state index contributed by atoms with van der Waals surface area (Å²) in [6.07, 6.45) is 2.09. The van der Waals surface area contributed by atoms with Gasteiger partial charge in [0, 0.05) is 21.3 Å². The first kappa shape index (κ1) is 19.2. The van der Waals surface area contributed by atoms with Crippen molar-refractivity contribution < 1.29 is 4.79 Å². The zero-order valence-electron chi connectivity index (χ0n) is 15.6. The SMILES string of the molecule is Cc1ccc([C@@]2(/C=C(/I)c3ccc(Cl)cc3)C(=O)N(C)c3ccccc32)cc1. The average molecular weight is 500 g/mol. The standard InChI is InChI=1S/C24H19ClINO/c1-16-7-11-18(12-8-16)24(15-21(26)17-9-13-19(25)14-10-17)20-5-3-4-6-22(20)27(2)23(24)28/h3-15H,1-2H3/b21-15+/t24-/m1/s1. The Balaban J connectivity index is 1.98.